The van der Waals surface area contributed by atoms with Gasteiger partial charge in [-0.15, -0.1) is 0 Å². The minimum absolute atomic E-state index is 0.126. The molecule has 1 atom stereocenters. The minimum atomic E-state index is -0.907. The van der Waals surface area contributed by atoms with Gasteiger partial charge in [-0.25, -0.2) is 18.7 Å². The quantitative estimate of drug-likeness (QED) is 0.131. The summed E-state index contributed by atoms with van der Waals surface area (Å²) in [6, 6.07) is 13.3. The molecule has 0 radical (unpaired) electrons. The van der Waals surface area contributed by atoms with Crippen LogP contribution in [-0.4, -0.2) is 22.7 Å². The number of hydrogen-bond donors (Lipinski definition) is 0. The topological polar surface area (TPSA) is 35.0 Å². The van der Waals surface area contributed by atoms with Crippen LogP contribution in [0.25, 0.3) is 22.5 Å². The summed E-state index contributed by atoms with van der Waals surface area (Å²) in [4.78, 5) is 8.94. The molecular formula is C35H48F2N2O. The molecule has 3 nitrogen and oxygen atoms in total. The molecule has 3 aromatic rings. The Bertz CT molecular complexity index is 1090. The van der Waals surface area contributed by atoms with Crippen LogP contribution in [0.1, 0.15) is 109 Å². The van der Waals surface area contributed by atoms with E-state index in [9.17, 15) is 8.78 Å². The van der Waals surface area contributed by atoms with Gasteiger partial charge in [0, 0.05) is 29.9 Å². The van der Waals surface area contributed by atoms with E-state index in [4.69, 9.17) is 4.74 Å². The molecule has 40 heavy (non-hydrogen) atoms. The lowest BCUT2D eigenvalue weighted by Crippen LogP contribution is -2.08. The number of rotatable bonds is 20. The molecule has 5 heteroatoms. The van der Waals surface area contributed by atoms with Crippen molar-refractivity contribution in [1.82, 2.24) is 9.97 Å². The molecule has 0 aliphatic heterocycles. The number of halogens is 2. The maximum atomic E-state index is 14.6. The third-order valence-corrected chi connectivity index (χ3v) is 7.51. The lowest BCUT2D eigenvalue weighted by atomic mass is 10.0. The molecule has 0 N–H and O–H groups in total. The summed E-state index contributed by atoms with van der Waals surface area (Å²) in [7, 11) is 0. The molecule has 0 aliphatic carbocycles. The summed E-state index contributed by atoms with van der Waals surface area (Å²) in [5.41, 5.74) is 3.94. The molecule has 2 aromatic carbocycles. The number of hydrogen-bond acceptors (Lipinski definition) is 3. The van der Waals surface area contributed by atoms with Gasteiger partial charge in [-0.05, 0) is 48.6 Å². The lowest BCUT2D eigenvalue weighted by Gasteiger charge is -2.11. The van der Waals surface area contributed by atoms with E-state index in [1.165, 1.54) is 75.8 Å². The molecule has 0 fully saturated rings. The van der Waals surface area contributed by atoms with Crippen LogP contribution < -0.4 is 4.74 Å². The first-order valence-electron chi connectivity index (χ1n) is 15.6. The highest BCUT2D eigenvalue weighted by Crippen LogP contribution is 2.26. The SMILES string of the molecule is CCCCCCCCCCCCc1ccc(-c2cnc(-c3ccc(OCCC(F)CCCC)c(F)c3)nc2)cc1. The summed E-state index contributed by atoms with van der Waals surface area (Å²) in [5, 5.41) is 0. The van der Waals surface area contributed by atoms with E-state index in [0.717, 1.165) is 30.4 Å². The molecule has 0 spiro atoms. The Labute approximate surface area is 240 Å². The maximum absolute atomic E-state index is 14.6. The highest BCUT2D eigenvalue weighted by Gasteiger charge is 2.11. The fraction of sp³-hybridized carbons (Fsp3) is 0.543. The molecule has 1 aromatic heterocycles. The number of alkyl halides is 1. The molecule has 0 saturated heterocycles. The summed E-state index contributed by atoms with van der Waals surface area (Å²) >= 11 is 0. The Morgan fingerprint density at radius 2 is 1.27 bits per heavy atom. The Morgan fingerprint density at radius 1 is 0.675 bits per heavy atom. The van der Waals surface area contributed by atoms with Gasteiger partial charge in [-0.2, -0.15) is 0 Å². The van der Waals surface area contributed by atoms with Crippen LogP contribution in [0.3, 0.4) is 0 Å². The molecule has 218 valence electrons. The first kappa shape index (κ1) is 31.7. The van der Waals surface area contributed by atoms with Crippen LogP contribution >= 0.6 is 0 Å². The second-order valence-electron chi connectivity index (χ2n) is 10.9. The zero-order chi connectivity index (χ0) is 28.4. The Kier molecular flexibility index (Phi) is 14.7. The van der Waals surface area contributed by atoms with Gasteiger partial charge in [0.15, 0.2) is 17.4 Å². The van der Waals surface area contributed by atoms with E-state index in [0.29, 0.717) is 17.8 Å². The van der Waals surface area contributed by atoms with Crippen LogP contribution in [0.5, 0.6) is 5.75 Å². The van der Waals surface area contributed by atoms with Gasteiger partial charge < -0.3 is 4.74 Å². The summed E-state index contributed by atoms with van der Waals surface area (Å²) in [6.45, 7) is 4.46. The number of aromatic nitrogens is 2. The van der Waals surface area contributed by atoms with Crippen molar-refractivity contribution in [1.29, 1.82) is 0 Å². The van der Waals surface area contributed by atoms with E-state index in [-0.39, 0.29) is 18.8 Å². The highest BCUT2D eigenvalue weighted by atomic mass is 19.1. The second-order valence-corrected chi connectivity index (χ2v) is 10.9. The van der Waals surface area contributed by atoms with Crippen molar-refractivity contribution >= 4 is 0 Å². The maximum Gasteiger partial charge on any atom is 0.165 e. The van der Waals surface area contributed by atoms with Crippen molar-refractivity contribution in [3.05, 3.63) is 66.2 Å². The average Bonchev–Trinajstić information content (AvgIpc) is 2.98. The van der Waals surface area contributed by atoms with Crippen LogP contribution in [-0.2, 0) is 6.42 Å². The number of aryl methyl sites for hydroxylation is 1. The molecule has 0 saturated carbocycles. The van der Waals surface area contributed by atoms with Crippen molar-refractivity contribution in [3.8, 4) is 28.3 Å². The Morgan fingerprint density at radius 3 is 1.90 bits per heavy atom. The largest absolute Gasteiger partial charge is 0.490 e. The molecule has 0 amide bonds. The van der Waals surface area contributed by atoms with Crippen LogP contribution in [0.4, 0.5) is 8.78 Å². The Balaban J connectivity index is 1.41. The van der Waals surface area contributed by atoms with Crippen molar-refractivity contribution < 1.29 is 13.5 Å². The van der Waals surface area contributed by atoms with Gasteiger partial charge >= 0.3 is 0 Å². The predicted octanol–water partition coefficient (Wildman–Crippen LogP) is 10.7. The minimum Gasteiger partial charge on any atom is -0.490 e. The smallest absolute Gasteiger partial charge is 0.165 e. The zero-order valence-electron chi connectivity index (χ0n) is 24.6. The van der Waals surface area contributed by atoms with Gasteiger partial charge in [0.1, 0.15) is 6.17 Å². The summed E-state index contributed by atoms with van der Waals surface area (Å²) in [5.74, 6) is 0.0864. The van der Waals surface area contributed by atoms with Crippen LogP contribution in [0.2, 0.25) is 0 Å². The van der Waals surface area contributed by atoms with Crippen molar-refractivity contribution in [2.75, 3.05) is 6.61 Å². The number of unbranched alkanes of at least 4 members (excludes halogenated alkanes) is 10. The standard InChI is InChI=1S/C35H48F2N2O/c1-3-5-7-8-9-10-11-12-13-14-15-28-17-19-29(20-18-28)31-26-38-35(39-27-31)30-21-22-34(33(37)25-30)40-24-23-32(36)16-6-4-2/h17-22,25-27,32H,3-16,23-24H2,1-2H3. The first-order chi connectivity index (χ1) is 19.6. The van der Waals surface area contributed by atoms with E-state index >= 15 is 0 Å². The van der Waals surface area contributed by atoms with E-state index < -0.39 is 12.0 Å². The van der Waals surface area contributed by atoms with E-state index in [1.807, 2.05) is 6.92 Å². The number of benzene rings is 2. The number of nitrogens with zero attached hydrogens (tertiary/aromatic N) is 2. The van der Waals surface area contributed by atoms with Crippen molar-refractivity contribution in [3.63, 3.8) is 0 Å². The third kappa shape index (κ3) is 11.3. The second kappa shape index (κ2) is 18.5. The molecule has 3 rings (SSSR count). The molecule has 1 heterocycles. The van der Waals surface area contributed by atoms with Crippen molar-refractivity contribution in [2.45, 2.75) is 116 Å². The monoisotopic (exact) mass is 550 g/mol. The van der Waals surface area contributed by atoms with E-state index in [2.05, 4.69) is 41.2 Å². The summed E-state index contributed by atoms with van der Waals surface area (Å²) < 4.78 is 33.9. The molecule has 0 aliphatic rings. The van der Waals surface area contributed by atoms with Crippen LogP contribution in [0, 0.1) is 5.82 Å². The highest BCUT2D eigenvalue weighted by molar-refractivity contribution is 5.64. The van der Waals surface area contributed by atoms with Gasteiger partial charge in [0.2, 0.25) is 0 Å². The van der Waals surface area contributed by atoms with Crippen molar-refractivity contribution in [2.24, 2.45) is 0 Å². The summed E-state index contributed by atoms with van der Waals surface area (Å²) in [6.07, 6.45) is 19.9. The van der Waals surface area contributed by atoms with Gasteiger partial charge in [-0.1, -0.05) is 109 Å². The van der Waals surface area contributed by atoms with E-state index in [1.54, 1.807) is 24.5 Å². The zero-order valence-corrected chi connectivity index (χ0v) is 24.6. The third-order valence-electron chi connectivity index (χ3n) is 7.51. The van der Waals surface area contributed by atoms with Crippen LogP contribution in [0.15, 0.2) is 54.9 Å². The average molecular weight is 551 g/mol. The predicted molar refractivity (Wildman–Crippen MR) is 163 cm³/mol. The molecule has 0 bridgehead atoms. The lowest BCUT2D eigenvalue weighted by molar-refractivity contribution is 0.218. The fourth-order valence-electron chi connectivity index (χ4n) is 4.93. The fourth-order valence-corrected chi connectivity index (χ4v) is 4.93. The first-order valence-corrected chi connectivity index (χ1v) is 15.6. The normalized spacial score (nSPS) is 12.0. The van der Waals surface area contributed by atoms with Gasteiger partial charge in [0.05, 0.1) is 6.61 Å². The molecule has 1 unspecified atom stereocenters. The van der Waals surface area contributed by atoms with Gasteiger partial charge in [-0.3, -0.25) is 0 Å². The number of ether oxygens (including phenoxy) is 1. The van der Waals surface area contributed by atoms with Gasteiger partial charge in [0.25, 0.3) is 0 Å². The molecular weight excluding hydrogens is 502 g/mol. The Hall–Kier alpha value is -2.82.